The summed E-state index contributed by atoms with van der Waals surface area (Å²) in [5.41, 5.74) is 4.65. The third-order valence-electron chi connectivity index (χ3n) is 2.69. The second-order valence-electron chi connectivity index (χ2n) is 4.13. The van der Waals surface area contributed by atoms with Crippen molar-refractivity contribution in [2.75, 3.05) is 12.0 Å². The Kier molecular flexibility index (Phi) is 4.09. The van der Waals surface area contributed by atoms with Gasteiger partial charge in [-0.1, -0.05) is 11.6 Å². The molecule has 1 amide bonds. The lowest BCUT2D eigenvalue weighted by atomic mass is 10.1. The molecule has 0 atom stereocenters. The van der Waals surface area contributed by atoms with Gasteiger partial charge in [0, 0.05) is 13.0 Å². The molecule has 1 aromatic heterocycles. The molecule has 0 saturated carbocycles. The van der Waals surface area contributed by atoms with Crippen molar-refractivity contribution in [1.29, 1.82) is 0 Å². The van der Waals surface area contributed by atoms with Gasteiger partial charge in [0.25, 0.3) is 5.91 Å². The van der Waals surface area contributed by atoms with Crippen molar-refractivity contribution < 1.29 is 4.79 Å². The normalized spacial score (nSPS) is 10.2. The fourth-order valence-electron chi connectivity index (χ4n) is 1.71. The van der Waals surface area contributed by atoms with Gasteiger partial charge in [0.2, 0.25) is 0 Å². The van der Waals surface area contributed by atoms with Gasteiger partial charge in [-0.2, -0.15) is 5.10 Å². The van der Waals surface area contributed by atoms with E-state index in [1.54, 1.807) is 12.1 Å². The number of hydrazine groups is 1. The third-order valence-corrected chi connectivity index (χ3v) is 2.69. The highest BCUT2D eigenvalue weighted by Crippen LogP contribution is 2.15. The van der Waals surface area contributed by atoms with E-state index in [0.717, 1.165) is 11.4 Å². The van der Waals surface area contributed by atoms with Crippen molar-refractivity contribution in [3.05, 3.63) is 41.5 Å². The number of nitrogens with two attached hydrogens (primary N) is 1. The van der Waals surface area contributed by atoms with Crippen LogP contribution < -0.4 is 16.6 Å². The Morgan fingerprint density at radius 3 is 3.00 bits per heavy atom. The molecule has 7 heteroatoms. The van der Waals surface area contributed by atoms with E-state index in [-0.39, 0.29) is 5.91 Å². The fourth-order valence-corrected chi connectivity index (χ4v) is 1.71. The number of carbonyl (C=O) groups excluding carboxylic acids is 1. The van der Waals surface area contributed by atoms with E-state index in [4.69, 9.17) is 5.84 Å². The van der Waals surface area contributed by atoms with Gasteiger partial charge in [-0.25, -0.2) is 4.98 Å². The van der Waals surface area contributed by atoms with Crippen LogP contribution in [0.25, 0.3) is 0 Å². The van der Waals surface area contributed by atoms with Crippen LogP contribution in [-0.4, -0.2) is 27.6 Å². The largest absolute Gasteiger partial charge is 0.352 e. The zero-order chi connectivity index (χ0) is 13.7. The Hall–Kier alpha value is -2.41. The van der Waals surface area contributed by atoms with Crippen molar-refractivity contribution in [2.24, 2.45) is 5.84 Å². The third kappa shape index (κ3) is 3.29. The number of nitrogens with one attached hydrogen (secondary N) is 3. The first kappa shape index (κ1) is 13.0. The van der Waals surface area contributed by atoms with Gasteiger partial charge in [-0.05, 0) is 19.1 Å². The molecule has 0 unspecified atom stereocenters. The van der Waals surface area contributed by atoms with Gasteiger partial charge >= 0.3 is 0 Å². The lowest BCUT2D eigenvalue weighted by molar-refractivity contribution is 0.0954. The predicted octanol–water partition coefficient (Wildman–Crippen LogP) is 0.371. The SMILES string of the molecule is Cc1ccc(NN)c(C(=O)NCCc2ncn[nH]2)c1. The lowest BCUT2D eigenvalue weighted by Gasteiger charge is -2.10. The Labute approximate surface area is 110 Å². The lowest BCUT2D eigenvalue weighted by Crippen LogP contribution is -2.27. The summed E-state index contributed by atoms with van der Waals surface area (Å²) in [5.74, 6) is 5.96. The molecule has 100 valence electrons. The first-order chi connectivity index (χ1) is 9.20. The van der Waals surface area contributed by atoms with Crippen LogP contribution in [0.1, 0.15) is 21.7 Å². The van der Waals surface area contributed by atoms with Crippen LogP contribution in [0, 0.1) is 6.92 Å². The summed E-state index contributed by atoms with van der Waals surface area (Å²) < 4.78 is 0. The molecule has 0 aliphatic carbocycles. The molecule has 5 N–H and O–H groups in total. The summed E-state index contributed by atoms with van der Waals surface area (Å²) in [7, 11) is 0. The Morgan fingerprint density at radius 2 is 2.32 bits per heavy atom. The maximum Gasteiger partial charge on any atom is 0.253 e. The van der Waals surface area contributed by atoms with Crippen LogP contribution in [0.4, 0.5) is 5.69 Å². The first-order valence-electron chi connectivity index (χ1n) is 5.90. The number of rotatable bonds is 5. The topological polar surface area (TPSA) is 109 Å². The standard InChI is InChI=1S/C12H16N6O/c1-8-2-3-10(17-13)9(6-8)12(19)14-5-4-11-15-7-16-18-11/h2-3,6-7,17H,4-5,13H2,1H3,(H,14,19)(H,15,16,18). The minimum Gasteiger partial charge on any atom is -0.352 e. The minimum atomic E-state index is -0.170. The van der Waals surface area contributed by atoms with E-state index < -0.39 is 0 Å². The maximum atomic E-state index is 12.1. The molecule has 1 heterocycles. The van der Waals surface area contributed by atoms with Crippen LogP contribution in [-0.2, 0) is 6.42 Å². The van der Waals surface area contributed by atoms with E-state index in [1.165, 1.54) is 6.33 Å². The van der Waals surface area contributed by atoms with Gasteiger partial charge in [-0.15, -0.1) is 0 Å². The average molecular weight is 260 g/mol. The van der Waals surface area contributed by atoms with E-state index >= 15 is 0 Å². The van der Waals surface area contributed by atoms with Gasteiger partial charge in [0.15, 0.2) is 0 Å². The van der Waals surface area contributed by atoms with Gasteiger partial charge in [0.1, 0.15) is 12.2 Å². The van der Waals surface area contributed by atoms with Crippen molar-refractivity contribution in [3.63, 3.8) is 0 Å². The summed E-state index contributed by atoms with van der Waals surface area (Å²) in [4.78, 5) is 16.0. The highest BCUT2D eigenvalue weighted by atomic mass is 16.1. The molecule has 7 nitrogen and oxygen atoms in total. The maximum absolute atomic E-state index is 12.1. The summed E-state index contributed by atoms with van der Waals surface area (Å²) in [6.45, 7) is 2.40. The summed E-state index contributed by atoms with van der Waals surface area (Å²) in [5, 5.41) is 9.30. The van der Waals surface area contributed by atoms with Crippen LogP contribution >= 0.6 is 0 Å². The highest BCUT2D eigenvalue weighted by Gasteiger charge is 2.10. The molecule has 0 radical (unpaired) electrons. The van der Waals surface area contributed by atoms with Crippen LogP contribution in [0.2, 0.25) is 0 Å². The number of aromatic nitrogens is 3. The molecular weight excluding hydrogens is 244 g/mol. The number of amides is 1. The van der Waals surface area contributed by atoms with E-state index in [0.29, 0.717) is 24.2 Å². The Balaban J connectivity index is 1.97. The molecule has 0 aliphatic rings. The molecule has 2 aromatic rings. The quantitative estimate of drug-likeness (QED) is 0.459. The number of aromatic amines is 1. The monoisotopic (exact) mass is 260 g/mol. The molecule has 0 aliphatic heterocycles. The number of hydrogen-bond donors (Lipinski definition) is 4. The van der Waals surface area contributed by atoms with E-state index in [9.17, 15) is 4.79 Å². The highest BCUT2D eigenvalue weighted by molar-refractivity contribution is 5.99. The summed E-state index contributed by atoms with van der Waals surface area (Å²) in [6.07, 6.45) is 2.04. The zero-order valence-electron chi connectivity index (χ0n) is 10.6. The molecule has 0 fully saturated rings. The first-order valence-corrected chi connectivity index (χ1v) is 5.90. The molecule has 19 heavy (non-hydrogen) atoms. The van der Waals surface area contributed by atoms with Crippen LogP contribution in [0.15, 0.2) is 24.5 Å². The molecule has 1 aromatic carbocycles. The predicted molar refractivity (Wildman–Crippen MR) is 71.4 cm³/mol. The van der Waals surface area contributed by atoms with Crippen molar-refractivity contribution >= 4 is 11.6 Å². The smallest absolute Gasteiger partial charge is 0.253 e. The second-order valence-corrected chi connectivity index (χ2v) is 4.13. The summed E-state index contributed by atoms with van der Waals surface area (Å²) in [6, 6.07) is 5.46. The van der Waals surface area contributed by atoms with Crippen molar-refractivity contribution in [1.82, 2.24) is 20.5 Å². The molecule has 0 spiro atoms. The molecule has 0 saturated heterocycles. The number of nitrogens with zero attached hydrogens (tertiary/aromatic N) is 2. The molecule has 0 bridgehead atoms. The Morgan fingerprint density at radius 1 is 1.47 bits per heavy atom. The van der Waals surface area contributed by atoms with Crippen LogP contribution in [0.5, 0.6) is 0 Å². The number of hydrogen-bond acceptors (Lipinski definition) is 5. The molecule has 2 rings (SSSR count). The number of carbonyl (C=O) groups is 1. The van der Waals surface area contributed by atoms with E-state index in [1.807, 2.05) is 13.0 Å². The van der Waals surface area contributed by atoms with Crippen molar-refractivity contribution in [3.8, 4) is 0 Å². The fraction of sp³-hybridized carbons (Fsp3) is 0.250. The number of H-pyrrole nitrogens is 1. The van der Waals surface area contributed by atoms with Gasteiger partial charge < -0.3 is 10.7 Å². The van der Waals surface area contributed by atoms with E-state index in [2.05, 4.69) is 25.9 Å². The Bertz CT molecular complexity index is 551. The van der Waals surface area contributed by atoms with Gasteiger partial charge in [0.05, 0.1) is 11.3 Å². The number of nitrogen functional groups attached to an aromatic ring is 1. The van der Waals surface area contributed by atoms with Crippen LogP contribution in [0.3, 0.4) is 0 Å². The van der Waals surface area contributed by atoms with Crippen molar-refractivity contribution in [2.45, 2.75) is 13.3 Å². The number of benzene rings is 1. The van der Waals surface area contributed by atoms with Gasteiger partial charge in [-0.3, -0.25) is 15.7 Å². The molecular formula is C12H16N6O. The minimum absolute atomic E-state index is 0.170. The average Bonchev–Trinajstić information content (AvgIpc) is 2.91. The second kappa shape index (κ2) is 5.96. The number of aryl methyl sites for hydroxylation is 1. The number of anilines is 1. The summed E-state index contributed by atoms with van der Waals surface area (Å²) >= 11 is 0. The zero-order valence-corrected chi connectivity index (χ0v) is 10.6.